The fourth-order valence-electron chi connectivity index (χ4n) is 1.47. The number of carbonyl (C=O) groups is 1. The molecule has 0 saturated carbocycles. The van der Waals surface area contributed by atoms with Crippen LogP contribution in [-0.4, -0.2) is 5.91 Å². The highest BCUT2D eigenvalue weighted by Gasteiger charge is 2.37. The zero-order chi connectivity index (χ0) is 11.3. The molecule has 76 valence electrons. The number of hydrogen-bond donors (Lipinski definition) is 1. The van der Waals surface area contributed by atoms with Crippen LogP contribution in [0.3, 0.4) is 0 Å². The van der Waals surface area contributed by atoms with Gasteiger partial charge in [-0.05, 0) is 22.4 Å². The number of carbonyl (C=O) groups excluding carboxylic acids is 1. The van der Waals surface area contributed by atoms with E-state index >= 15 is 0 Å². The second-order valence-electron chi connectivity index (χ2n) is 3.22. The minimum absolute atomic E-state index is 0.239. The van der Waals surface area contributed by atoms with Crippen LogP contribution in [0.25, 0.3) is 0 Å². The average Bonchev–Trinajstić information content (AvgIpc) is 2.70. The van der Waals surface area contributed by atoms with Gasteiger partial charge in [0.1, 0.15) is 0 Å². The van der Waals surface area contributed by atoms with Crippen molar-refractivity contribution in [3.8, 4) is 24.7 Å². The van der Waals surface area contributed by atoms with Gasteiger partial charge >= 0.3 is 0 Å². The van der Waals surface area contributed by atoms with Gasteiger partial charge in [-0.25, -0.2) is 0 Å². The Hall–Kier alpha value is -1.71. The SMILES string of the molecule is C#CCC(CC#C)(C(N)=O)c1ccsc1. The first-order valence-corrected chi connectivity index (χ1v) is 5.31. The van der Waals surface area contributed by atoms with Gasteiger partial charge < -0.3 is 5.73 Å². The molecule has 0 aliphatic carbocycles. The highest BCUT2D eigenvalue weighted by Crippen LogP contribution is 2.32. The van der Waals surface area contributed by atoms with Crippen molar-refractivity contribution in [2.45, 2.75) is 18.3 Å². The van der Waals surface area contributed by atoms with Crippen LogP contribution in [0.1, 0.15) is 18.4 Å². The first-order valence-electron chi connectivity index (χ1n) is 4.37. The van der Waals surface area contributed by atoms with Crippen LogP contribution in [0, 0.1) is 24.7 Å². The molecule has 1 amide bonds. The average molecular weight is 217 g/mol. The monoisotopic (exact) mass is 217 g/mol. The fraction of sp³-hybridized carbons (Fsp3) is 0.250. The summed E-state index contributed by atoms with van der Waals surface area (Å²) in [5.41, 5.74) is 5.33. The molecular weight excluding hydrogens is 206 g/mol. The van der Waals surface area contributed by atoms with Gasteiger partial charge in [-0.15, -0.1) is 24.7 Å². The van der Waals surface area contributed by atoms with Crippen LogP contribution in [-0.2, 0) is 10.2 Å². The van der Waals surface area contributed by atoms with Crippen LogP contribution < -0.4 is 5.73 Å². The lowest BCUT2D eigenvalue weighted by Gasteiger charge is -2.25. The Labute approximate surface area is 93.5 Å². The molecule has 0 radical (unpaired) electrons. The summed E-state index contributed by atoms with van der Waals surface area (Å²) >= 11 is 1.49. The van der Waals surface area contributed by atoms with Crippen molar-refractivity contribution >= 4 is 17.2 Å². The molecule has 1 aromatic rings. The highest BCUT2D eigenvalue weighted by atomic mass is 32.1. The van der Waals surface area contributed by atoms with Crippen molar-refractivity contribution in [3.63, 3.8) is 0 Å². The van der Waals surface area contributed by atoms with Crippen LogP contribution in [0.5, 0.6) is 0 Å². The molecule has 1 aromatic heterocycles. The molecule has 2 nitrogen and oxygen atoms in total. The van der Waals surface area contributed by atoms with Crippen molar-refractivity contribution in [2.24, 2.45) is 5.73 Å². The number of rotatable bonds is 4. The second kappa shape index (κ2) is 4.68. The van der Waals surface area contributed by atoms with Crippen molar-refractivity contribution in [3.05, 3.63) is 22.4 Å². The van der Waals surface area contributed by atoms with Gasteiger partial charge in [0.2, 0.25) is 5.91 Å². The summed E-state index contributed by atoms with van der Waals surface area (Å²) in [6.45, 7) is 0. The molecule has 0 spiro atoms. The van der Waals surface area contributed by atoms with Crippen molar-refractivity contribution in [2.75, 3.05) is 0 Å². The molecule has 0 unspecified atom stereocenters. The summed E-state index contributed by atoms with van der Waals surface area (Å²) in [5, 5.41) is 3.74. The van der Waals surface area contributed by atoms with E-state index in [0.29, 0.717) is 0 Å². The minimum Gasteiger partial charge on any atom is -0.369 e. The van der Waals surface area contributed by atoms with E-state index in [1.807, 2.05) is 16.8 Å². The minimum atomic E-state index is -0.899. The lowest BCUT2D eigenvalue weighted by atomic mass is 9.76. The van der Waals surface area contributed by atoms with Crippen molar-refractivity contribution in [1.29, 1.82) is 0 Å². The topological polar surface area (TPSA) is 43.1 Å². The lowest BCUT2D eigenvalue weighted by Crippen LogP contribution is -2.40. The second-order valence-corrected chi connectivity index (χ2v) is 4.00. The Balaban J connectivity index is 3.22. The Morgan fingerprint density at radius 3 is 2.40 bits per heavy atom. The van der Waals surface area contributed by atoms with E-state index in [4.69, 9.17) is 18.6 Å². The van der Waals surface area contributed by atoms with Crippen LogP contribution in [0.2, 0.25) is 0 Å². The molecule has 1 rings (SSSR count). The molecule has 0 bridgehead atoms. The Morgan fingerprint density at radius 2 is 2.07 bits per heavy atom. The third kappa shape index (κ3) is 2.03. The number of hydrogen-bond acceptors (Lipinski definition) is 2. The largest absolute Gasteiger partial charge is 0.369 e. The van der Waals surface area contributed by atoms with E-state index in [1.54, 1.807) is 0 Å². The number of nitrogens with two attached hydrogens (primary N) is 1. The highest BCUT2D eigenvalue weighted by molar-refractivity contribution is 7.08. The van der Waals surface area contributed by atoms with Gasteiger partial charge in [0.25, 0.3) is 0 Å². The smallest absolute Gasteiger partial charge is 0.230 e. The van der Waals surface area contributed by atoms with Crippen molar-refractivity contribution < 1.29 is 4.79 Å². The van der Waals surface area contributed by atoms with E-state index in [9.17, 15) is 4.79 Å². The maximum atomic E-state index is 11.5. The van der Waals surface area contributed by atoms with E-state index in [2.05, 4.69) is 11.8 Å². The number of primary amides is 1. The van der Waals surface area contributed by atoms with Crippen LogP contribution in [0.4, 0.5) is 0 Å². The van der Waals surface area contributed by atoms with E-state index in [1.165, 1.54) is 11.3 Å². The summed E-state index contributed by atoms with van der Waals surface area (Å²) in [7, 11) is 0. The number of thiophene rings is 1. The summed E-state index contributed by atoms with van der Waals surface area (Å²) in [4.78, 5) is 11.5. The Morgan fingerprint density at radius 1 is 1.47 bits per heavy atom. The Bertz CT molecular complexity index is 403. The molecule has 1 heterocycles. The predicted octanol–water partition coefficient (Wildman–Crippen LogP) is 1.52. The van der Waals surface area contributed by atoms with E-state index in [0.717, 1.165) is 5.56 Å². The van der Waals surface area contributed by atoms with Gasteiger partial charge in [-0.3, -0.25) is 4.79 Å². The van der Waals surface area contributed by atoms with Crippen molar-refractivity contribution in [1.82, 2.24) is 0 Å². The van der Waals surface area contributed by atoms with Gasteiger partial charge in [0, 0.05) is 12.8 Å². The summed E-state index contributed by atoms with van der Waals surface area (Å²) in [5.74, 6) is 4.48. The fourth-order valence-corrected chi connectivity index (χ4v) is 2.22. The normalized spacial score (nSPS) is 10.3. The van der Waals surface area contributed by atoms with Gasteiger partial charge in [-0.1, -0.05) is 0 Å². The predicted molar refractivity (Wildman–Crippen MR) is 62.1 cm³/mol. The third-order valence-corrected chi connectivity index (χ3v) is 3.04. The standard InChI is InChI=1S/C12H11NOS/c1-3-6-12(7-4-2,11(13)14)10-5-8-15-9-10/h1-2,5,8-9H,6-7H2,(H2,13,14). The quantitative estimate of drug-likeness (QED) is 0.763. The molecule has 2 N–H and O–H groups in total. The zero-order valence-electron chi connectivity index (χ0n) is 8.19. The van der Waals surface area contributed by atoms with E-state index < -0.39 is 11.3 Å². The lowest BCUT2D eigenvalue weighted by molar-refractivity contribution is -0.123. The molecule has 0 fully saturated rings. The molecule has 0 saturated heterocycles. The number of amides is 1. The molecule has 0 aliphatic heterocycles. The number of terminal acetylenes is 2. The molecule has 0 aliphatic rings. The summed E-state index contributed by atoms with van der Waals surface area (Å²) < 4.78 is 0. The van der Waals surface area contributed by atoms with Gasteiger partial charge in [-0.2, -0.15) is 11.3 Å². The summed E-state index contributed by atoms with van der Waals surface area (Å²) in [6, 6.07) is 1.84. The van der Waals surface area contributed by atoms with Crippen LogP contribution >= 0.6 is 11.3 Å². The summed E-state index contributed by atoms with van der Waals surface area (Å²) in [6.07, 6.45) is 11.0. The molecule has 15 heavy (non-hydrogen) atoms. The molecule has 0 aromatic carbocycles. The Kier molecular flexibility index (Phi) is 3.55. The zero-order valence-corrected chi connectivity index (χ0v) is 9.01. The molecular formula is C12H11NOS. The maximum absolute atomic E-state index is 11.5. The van der Waals surface area contributed by atoms with E-state index in [-0.39, 0.29) is 12.8 Å². The van der Waals surface area contributed by atoms with Gasteiger partial charge in [0.15, 0.2) is 0 Å². The molecule has 0 atom stereocenters. The van der Waals surface area contributed by atoms with Gasteiger partial charge in [0.05, 0.1) is 5.41 Å². The first kappa shape index (κ1) is 11.4. The maximum Gasteiger partial charge on any atom is 0.230 e. The third-order valence-electron chi connectivity index (χ3n) is 2.35. The van der Waals surface area contributed by atoms with Crippen LogP contribution in [0.15, 0.2) is 16.8 Å². The first-order chi connectivity index (χ1) is 7.17. The molecule has 3 heteroatoms.